The van der Waals surface area contributed by atoms with E-state index in [1.54, 1.807) is 11.6 Å². The second-order valence-corrected chi connectivity index (χ2v) is 5.39. The molecule has 0 saturated heterocycles. The summed E-state index contributed by atoms with van der Waals surface area (Å²) in [6.07, 6.45) is 1.82. The van der Waals surface area contributed by atoms with Gasteiger partial charge in [-0.15, -0.1) is 11.3 Å². The number of amides is 1. The zero-order valence-electron chi connectivity index (χ0n) is 12.3. The topological polar surface area (TPSA) is 66.9 Å². The number of carbonyl (C=O) groups is 1. The molecule has 0 unspecified atom stereocenters. The van der Waals surface area contributed by atoms with Crippen molar-refractivity contribution in [2.75, 3.05) is 11.9 Å². The van der Waals surface area contributed by atoms with E-state index in [1.165, 1.54) is 11.3 Å². The van der Waals surface area contributed by atoms with Crippen LogP contribution in [0.5, 0.6) is 0 Å². The third-order valence-corrected chi connectivity index (χ3v) is 3.61. The predicted molar refractivity (Wildman–Crippen MR) is 85.7 cm³/mol. The minimum atomic E-state index is -0.0975. The first-order chi connectivity index (χ1) is 10.2. The van der Waals surface area contributed by atoms with Crippen LogP contribution >= 0.6 is 11.3 Å². The number of thiazole rings is 1. The second kappa shape index (κ2) is 7.73. The summed E-state index contributed by atoms with van der Waals surface area (Å²) in [5.74, 6) is 0.662. The molecule has 2 heterocycles. The van der Waals surface area contributed by atoms with Gasteiger partial charge in [-0.3, -0.25) is 4.79 Å². The lowest BCUT2D eigenvalue weighted by atomic mass is 10.1. The highest BCUT2D eigenvalue weighted by molar-refractivity contribution is 7.07. The van der Waals surface area contributed by atoms with Crippen molar-refractivity contribution in [2.24, 2.45) is 0 Å². The van der Waals surface area contributed by atoms with Crippen molar-refractivity contribution < 1.29 is 4.79 Å². The Balaban J connectivity index is 2.07. The van der Waals surface area contributed by atoms with Gasteiger partial charge in [0.15, 0.2) is 0 Å². The number of pyridine rings is 1. The molecule has 2 N–H and O–H groups in total. The molecular formula is C15H20N4OS. The Morgan fingerprint density at radius 2 is 2.14 bits per heavy atom. The van der Waals surface area contributed by atoms with Crippen LogP contribution in [-0.4, -0.2) is 22.4 Å². The fourth-order valence-electron chi connectivity index (χ4n) is 1.84. The largest absolute Gasteiger partial charge is 0.370 e. The molecule has 0 aliphatic rings. The van der Waals surface area contributed by atoms with Crippen molar-refractivity contribution in [3.63, 3.8) is 0 Å². The maximum absolute atomic E-state index is 12.2. The molecule has 0 spiro atoms. The third-order valence-electron chi connectivity index (χ3n) is 2.97. The van der Waals surface area contributed by atoms with Gasteiger partial charge < -0.3 is 10.6 Å². The molecule has 0 atom stereocenters. The molecule has 0 aliphatic heterocycles. The summed E-state index contributed by atoms with van der Waals surface area (Å²) in [6, 6.07) is 3.64. The summed E-state index contributed by atoms with van der Waals surface area (Å²) in [5.41, 5.74) is 4.18. The number of nitrogens with zero attached hydrogens (tertiary/aromatic N) is 2. The van der Waals surface area contributed by atoms with E-state index in [-0.39, 0.29) is 5.91 Å². The summed E-state index contributed by atoms with van der Waals surface area (Å²) >= 11 is 1.52. The van der Waals surface area contributed by atoms with E-state index in [0.717, 1.165) is 36.6 Å². The first-order valence-corrected chi connectivity index (χ1v) is 8.07. The lowest BCUT2D eigenvalue weighted by Crippen LogP contribution is -2.23. The average Bonchev–Trinajstić information content (AvgIpc) is 3.03. The normalized spacial score (nSPS) is 10.4. The smallest absolute Gasteiger partial charge is 0.251 e. The van der Waals surface area contributed by atoms with E-state index in [0.29, 0.717) is 12.1 Å². The monoisotopic (exact) mass is 304 g/mol. The number of rotatable bonds is 7. The molecule has 0 saturated carbocycles. The van der Waals surface area contributed by atoms with E-state index >= 15 is 0 Å². The predicted octanol–water partition coefficient (Wildman–Crippen LogP) is 2.85. The van der Waals surface area contributed by atoms with E-state index < -0.39 is 0 Å². The Labute approximate surface area is 128 Å². The van der Waals surface area contributed by atoms with Crippen LogP contribution in [-0.2, 0) is 13.0 Å². The first-order valence-electron chi connectivity index (χ1n) is 7.13. The van der Waals surface area contributed by atoms with E-state index in [4.69, 9.17) is 0 Å². The van der Waals surface area contributed by atoms with Gasteiger partial charge >= 0.3 is 0 Å². The molecule has 0 radical (unpaired) electrons. The van der Waals surface area contributed by atoms with Crippen LogP contribution in [0.15, 0.2) is 23.0 Å². The zero-order chi connectivity index (χ0) is 15.1. The molecular weight excluding hydrogens is 284 g/mol. The highest BCUT2D eigenvalue weighted by Gasteiger charge is 2.09. The number of nitrogens with one attached hydrogen (secondary N) is 2. The summed E-state index contributed by atoms with van der Waals surface area (Å²) in [6.45, 7) is 5.42. The van der Waals surface area contributed by atoms with E-state index in [9.17, 15) is 4.79 Å². The third kappa shape index (κ3) is 4.53. The maximum atomic E-state index is 12.2. The number of aryl methyl sites for hydroxylation is 1. The number of carbonyl (C=O) groups excluding carboxylic acids is 1. The van der Waals surface area contributed by atoms with Crippen molar-refractivity contribution in [1.82, 2.24) is 15.3 Å². The molecule has 2 rings (SSSR count). The maximum Gasteiger partial charge on any atom is 0.251 e. The summed E-state index contributed by atoms with van der Waals surface area (Å²) in [7, 11) is 0. The van der Waals surface area contributed by atoms with Crippen molar-refractivity contribution >= 4 is 23.1 Å². The van der Waals surface area contributed by atoms with Crippen LogP contribution in [0.2, 0.25) is 0 Å². The number of hydrogen-bond acceptors (Lipinski definition) is 5. The van der Waals surface area contributed by atoms with Crippen LogP contribution < -0.4 is 10.6 Å². The Morgan fingerprint density at radius 3 is 2.81 bits per heavy atom. The Morgan fingerprint density at radius 1 is 1.29 bits per heavy atom. The van der Waals surface area contributed by atoms with Crippen LogP contribution in [0.1, 0.15) is 42.0 Å². The summed E-state index contributed by atoms with van der Waals surface area (Å²) in [4.78, 5) is 20.9. The van der Waals surface area contributed by atoms with Crippen LogP contribution in [0.25, 0.3) is 0 Å². The van der Waals surface area contributed by atoms with Gasteiger partial charge in [0.25, 0.3) is 5.91 Å². The van der Waals surface area contributed by atoms with Crippen molar-refractivity contribution in [3.05, 3.63) is 40.0 Å². The van der Waals surface area contributed by atoms with Gasteiger partial charge in [0.1, 0.15) is 5.82 Å². The van der Waals surface area contributed by atoms with Gasteiger partial charge in [0.2, 0.25) is 0 Å². The van der Waals surface area contributed by atoms with Crippen LogP contribution in [0.3, 0.4) is 0 Å². The molecule has 0 bridgehead atoms. The van der Waals surface area contributed by atoms with E-state index in [1.807, 2.05) is 18.4 Å². The van der Waals surface area contributed by atoms with Crippen LogP contribution in [0, 0.1) is 0 Å². The molecule has 5 nitrogen and oxygen atoms in total. The average molecular weight is 304 g/mol. The highest BCUT2D eigenvalue weighted by atomic mass is 32.1. The molecule has 0 aliphatic carbocycles. The van der Waals surface area contributed by atoms with Crippen molar-refractivity contribution in [1.29, 1.82) is 0 Å². The number of anilines is 1. The molecule has 6 heteroatoms. The van der Waals surface area contributed by atoms with E-state index in [2.05, 4.69) is 27.5 Å². The minimum absolute atomic E-state index is 0.0975. The molecule has 0 aromatic carbocycles. The fourth-order valence-corrected chi connectivity index (χ4v) is 2.40. The second-order valence-electron chi connectivity index (χ2n) is 4.68. The van der Waals surface area contributed by atoms with Crippen molar-refractivity contribution in [2.45, 2.75) is 33.2 Å². The minimum Gasteiger partial charge on any atom is -0.370 e. The first kappa shape index (κ1) is 15.4. The highest BCUT2D eigenvalue weighted by Crippen LogP contribution is 2.12. The molecule has 0 fully saturated rings. The van der Waals surface area contributed by atoms with Gasteiger partial charge in [-0.1, -0.05) is 13.8 Å². The lowest BCUT2D eigenvalue weighted by molar-refractivity contribution is 0.0950. The Kier molecular flexibility index (Phi) is 5.68. The van der Waals surface area contributed by atoms with Gasteiger partial charge in [-0.25, -0.2) is 9.97 Å². The van der Waals surface area contributed by atoms with Gasteiger partial charge in [0, 0.05) is 23.2 Å². The number of hydrogen-bond donors (Lipinski definition) is 2. The zero-order valence-corrected chi connectivity index (χ0v) is 13.2. The molecule has 2 aromatic heterocycles. The van der Waals surface area contributed by atoms with Crippen molar-refractivity contribution in [3.8, 4) is 0 Å². The Bertz CT molecular complexity index is 583. The van der Waals surface area contributed by atoms with Gasteiger partial charge in [-0.05, 0) is 25.0 Å². The van der Waals surface area contributed by atoms with Gasteiger partial charge in [-0.2, -0.15) is 0 Å². The summed E-state index contributed by atoms with van der Waals surface area (Å²) in [5, 5.41) is 8.05. The van der Waals surface area contributed by atoms with Gasteiger partial charge in [0.05, 0.1) is 17.7 Å². The van der Waals surface area contributed by atoms with Crippen LogP contribution in [0.4, 0.5) is 5.82 Å². The standard InChI is InChI=1S/C15H20N4OS/c1-3-5-16-14-7-11(6-12(4-2)19-14)15(20)17-8-13-9-21-10-18-13/h6-7,9-10H,3-5,8H2,1-2H3,(H,16,19)(H,17,20). The lowest BCUT2D eigenvalue weighted by Gasteiger charge is -2.09. The summed E-state index contributed by atoms with van der Waals surface area (Å²) < 4.78 is 0. The molecule has 1 amide bonds. The molecule has 2 aromatic rings. The SMILES string of the molecule is CCCNc1cc(C(=O)NCc2cscn2)cc(CC)n1. The molecule has 112 valence electrons. The fraction of sp³-hybridized carbons (Fsp3) is 0.400. The Hall–Kier alpha value is -1.95. The quantitative estimate of drug-likeness (QED) is 0.825. The number of aromatic nitrogens is 2. The molecule has 21 heavy (non-hydrogen) atoms.